The quantitative estimate of drug-likeness (QED) is 0.731. The van der Waals surface area contributed by atoms with Crippen LogP contribution in [0.1, 0.15) is 10.4 Å². The van der Waals surface area contributed by atoms with Crippen molar-refractivity contribution in [3.63, 3.8) is 0 Å². The highest BCUT2D eigenvalue weighted by atomic mass is 32.1. The summed E-state index contributed by atoms with van der Waals surface area (Å²) in [6.07, 6.45) is 0. The number of aliphatic carboxylic acids is 2. The Bertz CT molecular complexity index is 711. The van der Waals surface area contributed by atoms with E-state index in [2.05, 4.69) is 4.98 Å². The average Bonchev–Trinajstić information content (AvgIpc) is 2.74. The van der Waals surface area contributed by atoms with Crippen LogP contribution in [0.25, 0.3) is 10.2 Å². The molecule has 0 saturated carbocycles. The molecule has 0 bridgehead atoms. The van der Waals surface area contributed by atoms with E-state index in [0.29, 0.717) is 15.3 Å². The minimum absolute atomic E-state index is 0.189. The molecular formula is C12H11N3O5S. The molecule has 1 amide bonds. The molecule has 0 radical (unpaired) electrons. The van der Waals surface area contributed by atoms with Gasteiger partial charge in [-0.1, -0.05) is 11.3 Å². The summed E-state index contributed by atoms with van der Waals surface area (Å²) in [7, 11) is 0. The molecule has 2 rings (SSSR count). The van der Waals surface area contributed by atoms with E-state index in [4.69, 9.17) is 15.9 Å². The maximum Gasteiger partial charge on any atom is 0.323 e. The van der Waals surface area contributed by atoms with Crippen LogP contribution < -0.4 is 5.73 Å². The van der Waals surface area contributed by atoms with E-state index >= 15 is 0 Å². The predicted octanol–water partition coefficient (Wildman–Crippen LogP) is 0.490. The van der Waals surface area contributed by atoms with Gasteiger partial charge in [0.25, 0.3) is 5.91 Å². The first kappa shape index (κ1) is 14.7. The molecule has 0 atom stereocenters. The second-order valence-electron chi connectivity index (χ2n) is 4.18. The molecule has 1 aromatic heterocycles. The molecule has 0 fully saturated rings. The van der Waals surface area contributed by atoms with Gasteiger partial charge >= 0.3 is 11.9 Å². The maximum atomic E-state index is 12.2. The smallest absolute Gasteiger partial charge is 0.323 e. The van der Waals surface area contributed by atoms with Crippen molar-refractivity contribution in [2.75, 3.05) is 18.8 Å². The molecule has 110 valence electrons. The number of carboxylic acid groups (broad SMARTS) is 2. The van der Waals surface area contributed by atoms with Gasteiger partial charge in [0.05, 0.1) is 10.2 Å². The number of carbonyl (C=O) groups excluding carboxylic acids is 1. The van der Waals surface area contributed by atoms with Crippen molar-refractivity contribution in [1.29, 1.82) is 0 Å². The highest BCUT2D eigenvalue weighted by molar-refractivity contribution is 7.22. The zero-order valence-corrected chi connectivity index (χ0v) is 11.5. The van der Waals surface area contributed by atoms with Crippen molar-refractivity contribution in [2.45, 2.75) is 0 Å². The fourth-order valence-corrected chi connectivity index (χ4v) is 2.56. The molecule has 0 aliphatic carbocycles. The van der Waals surface area contributed by atoms with Gasteiger partial charge in [0.15, 0.2) is 5.13 Å². The molecule has 0 aliphatic heterocycles. The Morgan fingerprint density at radius 2 is 1.81 bits per heavy atom. The number of thiazole rings is 1. The molecule has 0 aliphatic rings. The Kier molecular flexibility index (Phi) is 4.03. The number of rotatable bonds is 5. The van der Waals surface area contributed by atoms with Crippen molar-refractivity contribution in [3.8, 4) is 0 Å². The fourth-order valence-electron chi connectivity index (χ4n) is 1.78. The summed E-state index contributed by atoms with van der Waals surface area (Å²) in [5, 5.41) is 17.9. The number of benzene rings is 1. The molecule has 8 nitrogen and oxygen atoms in total. The van der Waals surface area contributed by atoms with E-state index in [1.165, 1.54) is 23.5 Å². The Morgan fingerprint density at radius 3 is 2.38 bits per heavy atom. The van der Waals surface area contributed by atoms with Gasteiger partial charge < -0.3 is 20.8 Å². The van der Waals surface area contributed by atoms with Crippen LogP contribution in [0.2, 0.25) is 0 Å². The largest absolute Gasteiger partial charge is 0.480 e. The summed E-state index contributed by atoms with van der Waals surface area (Å²) in [5.41, 5.74) is 6.38. The van der Waals surface area contributed by atoms with E-state index in [1.807, 2.05) is 0 Å². The average molecular weight is 309 g/mol. The van der Waals surface area contributed by atoms with Crippen LogP contribution in [-0.2, 0) is 9.59 Å². The SMILES string of the molecule is Nc1nc2ccc(C(=O)N(CC(=O)O)CC(=O)O)cc2s1. The summed E-state index contributed by atoms with van der Waals surface area (Å²) < 4.78 is 0.670. The van der Waals surface area contributed by atoms with Crippen molar-refractivity contribution in [2.24, 2.45) is 0 Å². The number of anilines is 1. The first-order chi connectivity index (χ1) is 9.86. The van der Waals surface area contributed by atoms with Crippen LogP contribution in [0.4, 0.5) is 5.13 Å². The van der Waals surface area contributed by atoms with E-state index < -0.39 is 30.9 Å². The Morgan fingerprint density at radius 1 is 1.19 bits per heavy atom. The van der Waals surface area contributed by atoms with Gasteiger partial charge in [-0.25, -0.2) is 4.98 Å². The molecular weight excluding hydrogens is 298 g/mol. The Hall–Kier alpha value is -2.68. The van der Waals surface area contributed by atoms with Gasteiger partial charge in [-0.2, -0.15) is 0 Å². The number of nitrogens with two attached hydrogens (primary N) is 1. The van der Waals surface area contributed by atoms with Gasteiger partial charge in [-0.05, 0) is 18.2 Å². The normalized spacial score (nSPS) is 10.5. The monoisotopic (exact) mass is 309 g/mol. The fraction of sp³-hybridized carbons (Fsp3) is 0.167. The topological polar surface area (TPSA) is 134 Å². The van der Waals surface area contributed by atoms with Crippen LogP contribution >= 0.6 is 11.3 Å². The van der Waals surface area contributed by atoms with E-state index in [9.17, 15) is 14.4 Å². The zero-order valence-electron chi connectivity index (χ0n) is 10.6. The van der Waals surface area contributed by atoms with Crippen LogP contribution in [0, 0.1) is 0 Å². The molecule has 1 aromatic carbocycles. The van der Waals surface area contributed by atoms with Gasteiger partial charge in [-0.15, -0.1) is 0 Å². The standard InChI is InChI=1S/C12H11N3O5S/c13-12-14-7-2-1-6(3-8(7)21-12)11(20)15(4-9(16)17)5-10(18)19/h1-3H,4-5H2,(H2,13,14)(H,16,17)(H,18,19). The number of hydrogen-bond acceptors (Lipinski definition) is 6. The number of amides is 1. The predicted molar refractivity (Wildman–Crippen MR) is 75.2 cm³/mol. The third kappa shape index (κ3) is 3.45. The van der Waals surface area contributed by atoms with Crippen LogP contribution in [0.3, 0.4) is 0 Å². The summed E-state index contributed by atoms with van der Waals surface area (Å²) in [6, 6.07) is 4.55. The molecule has 1 heterocycles. The number of carbonyl (C=O) groups is 3. The van der Waals surface area contributed by atoms with E-state index in [0.717, 1.165) is 4.90 Å². The van der Waals surface area contributed by atoms with E-state index in [1.54, 1.807) is 6.07 Å². The molecule has 21 heavy (non-hydrogen) atoms. The second-order valence-corrected chi connectivity index (χ2v) is 5.25. The highest BCUT2D eigenvalue weighted by Crippen LogP contribution is 2.25. The van der Waals surface area contributed by atoms with Crippen LogP contribution in [-0.4, -0.2) is 51.0 Å². The lowest BCUT2D eigenvalue weighted by Crippen LogP contribution is -2.39. The lowest BCUT2D eigenvalue weighted by Gasteiger charge is -2.18. The minimum atomic E-state index is -1.28. The number of aromatic nitrogens is 1. The molecule has 4 N–H and O–H groups in total. The summed E-state index contributed by atoms with van der Waals surface area (Å²) in [6.45, 7) is -1.37. The molecule has 0 saturated heterocycles. The number of nitrogen functional groups attached to an aromatic ring is 1. The Balaban J connectivity index is 2.32. The first-order valence-electron chi connectivity index (χ1n) is 5.75. The van der Waals surface area contributed by atoms with Crippen LogP contribution in [0.5, 0.6) is 0 Å². The maximum absolute atomic E-state index is 12.2. The number of hydrogen-bond donors (Lipinski definition) is 3. The molecule has 9 heteroatoms. The number of nitrogens with zero attached hydrogens (tertiary/aromatic N) is 2. The number of fused-ring (bicyclic) bond motifs is 1. The second kappa shape index (κ2) is 5.75. The summed E-state index contributed by atoms with van der Waals surface area (Å²) >= 11 is 1.19. The van der Waals surface area contributed by atoms with Gasteiger partial charge in [0.2, 0.25) is 0 Å². The number of carboxylic acids is 2. The third-order valence-electron chi connectivity index (χ3n) is 2.59. The third-order valence-corrected chi connectivity index (χ3v) is 3.44. The zero-order chi connectivity index (χ0) is 15.6. The Labute approximate surface area is 122 Å². The molecule has 0 spiro atoms. The van der Waals surface area contributed by atoms with Crippen molar-refractivity contribution < 1.29 is 24.6 Å². The van der Waals surface area contributed by atoms with Crippen LogP contribution in [0.15, 0.2) is 18.2 Å². The van der Waals surface area contributed by atoms with Gasteiger partial charge in [0, 0.05) is 5.56 Å². The van der Waals surface area contributed by atoms with Gasteiger partial charge in [0.1, 0.15) is 13.1 Å². The molecule has 0 unspecified atom stereocenters. The summed E-state index contributed by atoms with van der Waals surface area (Å²) in [4.78, 5) is 38.5. The first-order valence-corrected chi connectivity index (χ1v) is 6.57. The lowest BCUT2D eigenvalue weighted by atomic mass is 10.2. The van der Waals surface area contributed by atoms with Crippen molar-refractivity contribution in [3.05, 3.63) is 23.8 Å². The highest BCUT2D eigenvalue weighted by Gasteiger charge is 2.21. The minimum Gasteiger partial charge on any atom is -0.480 e. The van der Waals surface area contributed by atoms with Gasteiger partial charge in [-0.3, -0.25) is 14.4 Å². The van der Waals surface area contributed by atoms with Crippen molar-refractivity contribution >= 4 is 44.5 Å². The van der Waals surface area contributed by atoms with Crippen molar-refractivity contribution in [1.82, 2.24) is 9.88 Å². The summed E-state index contributed by atoms with van der Waals surface area (Å²) in [5.74, 6) is -3.24. The molecule has 2 aromatic rings. The van der Waals surface area contributed by atoms with E-state index in [-0.39, 0.29) is 5.56 Å². The lowest BCUT2D eigenvalue weighted by molar-refractivity contribution is -0.140.